The number of anilines is 1. The van der Waals surface area contributed by atoms with Crippen LogP contribution in [0.15, 0.2) is 39.9 Å². The second kappa shape index (κ2) is 8.72. The standard InChI is InChI=1S/C18H18BrN5O7/c19-8-1-3-9(4-2-8)30-6-11(26)21-18-22-15-12(16(29)23-18)20-7-24(15)17-14(28)13(27)10(5-25)31-17/h1-4,7,10,13-14,17,25,27-28H,5-6H2,(H2,21,22,23,26,29)/t10-,13+,14+,17-/m0/s1. The highest BCUT2D eigenvalue weighted by Crippen LogP contribution is 2.30. The number of nitrogens with one attached hydrogen (secondary N) is 2. The van der Waals surface area contributed by atoms with Gasteiger partial charge in [0.05, 0.1) is 12.9 Å². The van der Waals surface area contributed by atoms with E-state index in [1.54, 1.807) is 24.3 Å². The Morgan fingerprint density at radius 3 is 2.71 bits per heavy atom. The smallest absolute Gasteiger partial charge is 0.280 e. The number of fused-ring (bicyclic) bond motifs is 1. The fraction of sp³-hybridized carbons (Fsp3) is 0.333. The van der Waals surface area contributed by atoms with Crippen LogP contribution in [0.25, 0.3) is 11.2 Å². The van der Waals surface area contributed by atoms with Crippen LogP contribution < -0.4 is 15.6 Å². The topological polar surface area (TPSA) is 172 Å². The first-order valence-electron chi connectivity index (χ1n) is 9.15. The van der Waals surface area contributed by atoms with Gasteiger partial charge < -0.3 is 24.8 Å². The van der Waals surface area contributed by atoms with Crippen molar-refractivity contribution in [3.8, 4) is 5.75 Å². The number of nitrogens with zero attached hydrogens (tertiary/aromatic N) is 3. The van der Waals surface area contributed by atoms with Crippen molar-refractivity contribution in [3.05, 3.63) is 45.4 Å². The zero-order valence-corrected chi connectivity index (χ0v) is 17.4. The van der Waals surface area contributed by atoms with Crippen molar-refractivity contribution in [1.29, 1.82) is 0 Å². The number of aliphatic hydroxyl groups is 3. The van der Waals surface area contributed by atoms with Gasteiger partial charge in [0, 0.05) is 4.47 Å². The molecule has 0 aliphatic carbocycles. The highest BCUT2D eigenvalue weighted by molar-refractivity contribution is 9.10. The Labute approximate surface area is 182 Å². The zero-order chi connectivity index (χ0) is 22.1. The summed E-state index contributed by atoms with van der Waals surface area (Å²) in [5.74, 6) is -0.238. The number of halogens is 1. The first kappa shape index (κ1) is 21.4. The number of aromatic nitrogens is 4. The van der Waals surface area contributed by atoms with Gasteiger partial charge in [-0.25, -0.2) is 4.98 Å². The molecule has 1 amide bonds. The summed E-state index contributed by atoms with van der Waals surface area (Å²) in [6.45, 7) is -0.827. The number of H-pyrrole nitrogens is 1. The van der Waals surface area contributed by atoms with Crippen LogP contribution in [0, 0.1) is 0 Å². The Balaban J connectivity index is 1.53. The third-order valence-corrected chi connectivity index (χ3v) is 5.19. The predicted molar refractivity (Wildman–Crippen MR) is 109 cm³/mol. The Kier molecular flexibility index (Phi) is 6.02. The van der Waals surface area contributed by atoms with E-state index in [1.807, 2.05) is 0 Å². The van der Waals surface area contributed by atoms with E-state index in [1.165, 1.54) is 10.9 Å². The molecule has 1 saturated heterocycles. The molecule has 31 heavy (non-hydrogen) atoms. The molecule has 0 spiro atoms. The molecule has 1 aliphatic heterocycles. The summed E-state index contributed by atoms with van der Waals surface area (Å²) in [6.07, 6.45) is -3.63. The molecule has 0 unspecified atom stereocenters. The number of imidazole rings is 1. The maximum Gasteiger partial charge on any atom is 0.280 e. The minimum atomic E-state index is -1.38. The Morgan fingerprint density at radius 2 is 2.03 bits per heavy atom. The summed E-state index contributed by atoms with van der Waals surface area (Å²) in [4.78, 5) is 35.1. The molecule has 5 N–H and O–H groups in total. The lowest BCUT2D eigenvalue weighted by molar-refractivity contribution is -0.118. The minimum absolute atomic E-state index is 0.0164. The summed E-state index contributed by atoms with van der Waals surface area (Å²) >= 11 is 3.30. The number of carbonyl (C=O) groups excluding carboxylic acids is 1. The van der Waals surface area contributed by atoms with Crippen LogP contribution in [0.5, 0.6) is 5.75 Å². The number of hydrogen-bond acceptors (Lipinski definition) is 9. The first-order chi connectivity index (χ1) is 14.9. The highest BCUT2D eigenvalue weighted by atomic mass is 79.9. The molecule has 1 aromatic carbocycles. The lowest BCUT2D eigenvalue weighted by Crippen LogP contribution is -2.33. The molecule has 1 aliphatic rings. The highest BCUT2D eigenvalue weighted by Gasteiger charge is 2.44. The number of amides is 1. The maximum atomic E-state index is 12.3. The number of rotatable bonds is 6. The monoisotopic (exact) mass is 495 g/mol. The Bertz CT molecular complexity index is 1150. The van der Waals surface area contributed by atoms with Crippen molar-refractivity contribution in [3.63, 3.8) is 0 Å². The number of carbonyl (C=O) groups is 1. The number of aliphatic hydroxyl groups excluding tert-OH is 3. The van der Waals surface area contributed by atoms with Gasteiger partial charge in [-0.1, -0.05) is 15.9 Å². The van der Waals surface area contributed by atoms with Gasteiger partial charge in [-0.2, -0.15) is 4.98 Å². The second-order valence-corrected chi connectivity index (χ2v) is 7.67. The van der Waals surface area contributed by atoms with E-state index >= 15 is 0 Å². The molecule has 12 nitrogen and oxygen atoms in total. The van der Waals surface area contributed by atoms with E-state index in [2.05, 4.69) is 36.2 Å². The fourth-order valence-corrected chi connectivity index (χ4v) is 3.39. The molecule has 13 heteroatoms. The molecule has 1 fully saturated rings. The molecule has 2 aromatic heterocycles. The van der Waals surface area contributed by atoms with Gasteiger partial charge in [-0.3, -0.25) is 24.5 Å². The fourth-order valence-electron chi connectivity index (χ4n) is 3.13. The van der Waals surface area contributed by atoms with Gasteiger partial charge in [-0.15, -0.1) is 0 Å². The normalized spacial score (nSPS) is 23.2. The summed E-state index contributed by atoms with van der Waals surface area (Å²) in [6, 6.07) is 6.89. The van der Waals surface area contributed by atoms with Crippen LogP contribution >= 0.6 is 15.9 Å². The van der Waals surface area contributed by atoms with Gasteiger partial charge in [-0.05, 0) is 24.3 Å². The van der Waals surface area contributed by atoms with Crippen molar-refractivity contribution in [2.75, 3.05) is 18.5 Å². The summed E-state index contributed by atoms with van der Waals surface area (Å²) in [7, 11) is 0. The average Bonchev–Trinajstić information content (AvgIpc) is 3.29. The van der Waals surface area contributed by atoms with Crippen molar-refractivity contribution in [1.82, 2.24) is 19.5 Å². The molecule has 164 valence electrons. The van der Waals surface area contributed by atoms with Crippen molar-refractivity contribution in [2.24, 2.45) is 0 Å². The summed E-state index contributed by atoms with van der Waals surface area (Å²) in [5, 5.41) is 31.9. The van der Waals surface area contributed by atoms with Crippen LogP contribution in [0.2, 0.25) is 0 Å². The second-order valence-electron chi connectivity index (χ2n) is 6.76. The van der Waals surface area contributed by atoms with E-state index in [0.29, 0.717) is 5.75 Å². The van der Waals surface area contributed by atoms with Gasteiger partial charge in [0.1, 0.15) is 24.1 Å². The SMILES string of the molecule is O=C(COc1ccc(Br)cc1)Nc1nc2c(ncn2[C@H]2O[C@@H](CO)[C@@H](O)[C@H]2O)c(=O)[nH]1. The van der Waals surface area contributed by atoms with Crippen molar-refractivity contribution in [2.45, 2.75) is 24.5 Å². The molecule has 0 bridgehead atoms. The van der Waals surface area contributed by atoms with Gasteiger partial charge in [0.2, 0.25) is 5.95 Å². The van der Waals surface area contributed by atoms with Gasteiger partial charge in [0.15, 0.2) is 24.0 Å². The molecule has 0 radical (unpaired) electrons. The lowest BCUT2D eigenvalue weighted by atomic mass is 10.1. The average molecular weight is 496 g/mol. The quantitative estimate of drug-likeness (QED) is 0.302. The van der Waals surface area contributed by atoms with Gasteiger partial charge in [0.25, 0.3) is 11.5 Å². The number of ether oxygens (including phenoxy) is 2. The zero-order valence-electron chi connectivity index (χ0n) is 15.8. The van der Waals surface area contributed by atoms with E-state index in [4.69, 9.17) is 9.47 Å². The van der Waals surface area contributed by atoms with Crippen LogP contribution in [0.3, 0.4) is 0 Å². The molecule has 0 saturated carbocycles. The van der Waals surface area contributed by atoms with E-state index in [9.17, 15) is 24.9 Å². The van der Waals surface area contributed by atoms with Crippen molar-refractivity contribution < 1.29 is 29.6 Å². The molecule has 3 heterocycles. The molecular formula is C18H18BrN5O7. The lowest BCUT2D eigenvalue weighted by Gasteiger charge is -2.16. The van der Waals surface area contributed by atoms with Crippen LogP contribution in [0.1, 0.15) is 6.23 Å². The minimum Gasteiger partial charge on any atom is -0.484 e. The van der Waals surface area contributed by atoms with Crippen molar-refractivity contribution >= 4 is 38.9 Å². The number of aromatic amines is 1. The maximum absolute atomic E-state index is 12.3. The molecule has 3 aromatic rings. The summed E-state index contributed by atoms with van der Waals surface area (Å²) in [5.41, 5.74) is -0.663. The molecule has 4 atom stereocenters. The third kappa shape index (κ3) is 4.31. The van der Waals surface area contributed by atoms with E-state index in [0.717, 1.165) is 4.47 Å². The van der Waals surface area contributed by atoms with Gasteiger partial charge >= 0.3 is 0 Å². The van der Waals surface area contributed by atoms with E-state index in [-0.39, 0.29) is 23.7 Å². The van der Waals surface area contributed by atoms with E-state index < -0.39 is 42.6 Å². The third-order valence-electron chi connectivity index (χ3n) is 4.67. The summed E-state index contributed by atoms with van der Waals surface area (Å²) < 4.78 is 13.0. The van der Waals surface area contributed by atoms with Crippen LogP contribution in [-0.4, -0.2) is 72.3 Å². The molecule has 4 rings (SSSR count). The van der Waals surface area contributed by atoms with Crippen LogP contribution in [0.4, 0.5) is 5.95 Å². The molecular weight excluding hydrogens is 478 g/mol. The predicted octanol–water partition coefficient (Wildman–Crippen LogP) is -0.489. The van der Waals surface area contributed by atoms with Crippen LogP contribution in [-0.2, 0) is 9.53 Å². The first-order valence-corrected chi connectivity index (χ1v) is 9.94. The number of benzene rings is 1. The Hall–Kier alpha value is -2.84. The Morgan fingerprint density at radius 1 is 1.29 bits per heavy atom. The largest absolute Gasteiger partial charge is 0.484 e. The number of hydrogen-bond donors (Lipinski definition) is 5.